The lowest BCUT2D eigenvalue weighted by Gasteiger charge is -2.04. The van der Waals surface area contributed by atoms with E-state index in [1.807, 2.05) is 0 Å². The summed E-state index contributed by atoms with van der Waals surface area (Å²) < 4.78 is 29.2. The van der Waals surface area contributed by atoms with Crippen LogP contribution in [0.15, 0.2) is 24.4 Å². The summed E-state index contributed by atoms with van der Waals surface area (Å²) in [5, 5.41) is 8.96. The Morgan fingerprint density at radius 2 is 2.08 bits per heavy atom. The number of rotatable bonds is 2. The maximum Gasteiger partial charge on any atom is 0.298 e. The first-order chi connectivity index (χ1) is 5.52. The molecule has 0 radical (unpaired) electrons. The number of aliphatic hydroxyl groups is 1. The Morgan fingerprint density at radius 3 is 2.50 bits per heavy atom. The summed E-state index contributed by atoms with van der Waals surface area (Å²) in [6, 6.07) is 4.38. The van der Waals surface area contributed by atoms with Crippen molar-refractivity contribution in [2.24, 2.45) is 0 Å². The van der Waals surface area contributed by atoms with Crippen molar-refractivity contribution in [1.29, 1.82) is 0 Å². The van der Waals surface area contributed by atoms with E-state index >= 15 is 0 Å². The molecule has 0 unspecified atom stereocenters. The van der Waals surface area contributed by atoms with Crippen molar-refractivity contribution in [3.05, 3.63) is 30.1 Å². The predicted octanol–water partition coefficient (Wildman–Crippen LogP) is -0.0397. The zero-order chi connectivity index (χ0) is 9.19. The third-order valence-electron chi connectivity index (χ3n) is 1.22. The number of aliphatic hydroxyl groups excluding tert-OH is 1. The largest absolute Gasteiger partial charge is 0.370 e. The summed E-state index contributed by atoms with van der Waals surface area (Å²) in [6.45, 7) is 0. The summed E-state index contributed by atoms with van der Waals surface area (Å²) in [5.41, 5.74) is -2.06. The van der Waals surface area contributed by atoms with E-state index in [1.165, 1.54) is 18.3 Å². The molecule has 1 atom stereocenters. The maximum absolute atomic E-state index is 10.4. The molecule has 2 N–H and O–H groups in total. The third-order valence-corrected chi connectivity index (χ3v) is 2.03. The molecule has 0 aliphatic rings. The van der Waals surface area contributed by atoms with Crippen molar-refractivity contribution in [2.75, 3.05) is 0 Å². The minimum absolute atomic E-state index is 0.0972. The van der Waals surface area contributed by atoms with E-state index < -0.39 is 15.6 Å². The van der Waals surface area contributed by atoms with Gasteiger partial charge in [-0.2, -0.15) is 8.42 Å². The second-order valence-electron chi connectivity index (χ2n) is 2.12. The van der Waals surface area contributed by atoms with E-state index in [0.29, 0.717) is 0 Å². The van der Waals surface area contributed by atoms with E-state index in [4.69, 9.17) is 9.66 Å². The topological polar surface area (TPSA) is 87.5 Å². The number of aromatic nitrogens is 1. The molecule has 5 nitrogen and oxygen atoms in total. The lowest BCUT2D eigenvalue weighted by molar-refractivity contribution is 0.234. The Labute approximate surface area is 69.4 Å². The SMILES string of the molecule is O=S(=O)(O)[C@@H](O)c1ccccn1. The minimum atomic E-state index is -4.46. The third kappa shape index (κ3) is 2.00. The smallest absolute Gasteiger partial charge is 0.298 e. The van der Waals surface area contributed by atoms with E-state index in [9.17, 15) is 8.42 Å². The molecule has 0 fully saturated rings. The quantitative estimate of drug-likeness (QED) is 0.637. The van der Waals surface area contributed by atoms with Crippen LogP contribution in [-0.4, -0.2) is 23.1 Å². The van der Waals surface area contributed by atoms with Crippen LogP contribution in [0.4, 0.5) is 0 Å². The molecule has 12 heavy (non-hydrogen) atoms. The number of nitrogens with zero attached hydrogens (tertiary/aromatic N) is 1. The molecule has 0 aliphatic heterocycles. The Bertz CT molecular complexity index is 347. The van der Waals surface area contributed by atoms with Crippen molar-refractivity contribution in [1.82, 2.24) is 4.98 Å². The molecule has 0 saturated heterocycles. The molecular formula is C6H7NO4S. The van der Waals surface area contributed by atoms with Crippen LogP contribution in [-0.2, 0) is 10.1 Å². The van der Waals surface area contributed by atoms with E-state index in [-0.39, 0.29) is 5.69 Å². The van der Waals surface area contributed by atoms with Crippen molar-refractivity contribution in [3.8, 4) is 0 Å². The van der Waals surface area contributed by atoms with Crippen LogP contribution in [0.25, 0.3) is 0 Å². The number of hydrogen-bond acceptors (Lipinski definition) is 4. The molecular weight excluding hydrogens is 182 g/mol. The molecule has 1 aromatic rings. The molecule has 0 aromatic carbocycles. The van der Waals surface area contributed by atoms with Crippen molar-refractivity contribution < 1.29 is 18.1 Å². The summed E-state index contributed by atoms with van der Waals surface area (Å²) in [5.74, 6) is 0. The molecule has 1 aromatic heterocycles. The van der Waals surface area contributed by atoms with Crippen LogP contribution in [0.3, 0.4) is 0 Å². The lowest BCUT2D eigenvalue weighted by atomic mass is 10.4. The Kier molecular flexibility index (Phi) is 2.41. The highest BCUT2D eigenvalue weighted by molar-refractivity contribution is 7.85. The highest BCUT2D eigenvalue weighted by atomic mass is 32.2. The summed E-state index contributed by atoms with van der Waals surface area (Å²) >= 11 is 0. The zero-order valence-electron chi connectivity index (χ0n) is 5.95. The molecule has 6 heteroatoms. The monoisotopic (exact) mass is 189 g/mol. The van der Waals surface area contributed by atoms with Gasteiger partial charge < -0.3 is 5.11 Å². The average molecular weight is 189 g/mol. The van der Waals surface area contributed by atoms with E-state index in [2.05, 4.69) is 4.98 Å². The fraction of sp³-hybridized carbons (Fsp3) is 0.167. The standard InChI is InChI=1S/C6H7NO4S/c8-6(12(9,10)11)5-3-1-2-4-7-5/h1-4,6,8H,(H,9,10,11)/t6-/m1/s1. The lowest BCUT2D eigenvalue weighted by Crippen LogP contribution is -2.12. The van der Waals surface area contributed by atoms with Gasteiger partial charge in [0.2, 0.25) is 5.44 Å². The summed E-state index contributed by atoms with van der Waals surface area (Å²) in [4.78, 5) is 3.56. The van der Waals surface area contributed by atoms with Gasteiger partial charge in [0.25, 0.3) is 10.1 Å². The predicted molar refractivity (Wildman–Crippen MR) is 40.7 cm³/mol. The van der Waals surface area contributed by atoms with Gasteiger partial charge in [-0.05, 0) is 12.1 Å². The van der Waals surface area contributed by atoms with Crippen LogP contribution in [0.1, 0.15) is 11.1 Å². The first-order valence-electron chi connectivity index (χ1n) is 3.07. The molecule has 0 saturated carbocycles. The van der Waals surface area contributed by atoms with Crippen molar-refractivity contribution in [3.63, 3.8) is 0 Å². The summed E-state index contributed by atoms with van der Waals surface area (Å²) in [7, 11) is -4.46. The second kappa shape index (κ2) is 3.18. The van der Waals surface area contributed by atoms with E-state index in [1.54, 1.807) is 6.07 Å². The van der Waals surface area contributed by atoms with Gasteiger partial charge in [-0.1, -0.05) is 6.07 Å². The minimum Gasteiger partial charge on any atom is -0.370 e. The molecule has 0 spiro atoms. The molecule has 1 heterocycles. The second-order valence-corrected chi connectivity index (χ2v) is 3.60. The van der Waals surface area contributed by atoms with Crippen LogP contribution in [0.5, 0.6) is 0 Å². The van der Waals surface area contributed by atoms with Gasteiger partial charge >= 0.3 is 0 Å². The van der Waals surface area contributed by atoms with Gasteiger partial charge in [0, 0.05) is 6.20 Å². The van der Waals surface area contributed by atoms with Crippen LogP contribution < -0.4 is 0 Å². The fourth-order valence-corrected chi connectivity index (χ4v) is 1.12. The highest BCUT2D eigenvalue weighted by Gasteiger charge is 2.22. The van der Waals surface area contributed by atoms with Crippen molar-refractivity contribution in [2.45, 2.75) is 5.44 Å². The Morgan fingerprint density at radius 1 is 1.42 bits per heavy atom. The molecule has 0 bridgehead atoms. The highest BCUT2D eigenvalue weighted by Crippen LogP contribution is 2.14. The Hall–Kier alpha value is -0.980. The van der Waals surface area contributed by atoms with Crippen LogP contribution in [0.2, 0.25) is 0 Å². The number of hydrogen-bond donors (Lipinski definition) is 2. The normalized spacial score (nSPS) is 14.2. The molecule has 1 rings (SSSR count). The van der Waals surface area contributed by atoms with Gasteiger partial charge in [-0.25, -0.2) is 0 Å². The zero-order valence-corrected chi connectivity index (χ0v) is 6.77. The summed E-state index contributed by atoms with van der Waals surface area (Å²) in [6.07, 6.45) is 1.32. The van der Waals surface area contributed by atoms with Gasteiger partial charge in [0.05, 0.1) is 5.69 Å². The average Bonchev–Trinajstić information content (AvgIpc) is 2.03. The molecule has 0 aliphatic carbocycles. The van der Waals surface area contributed by atoms with Gasteiger partial charge in [0.15, 0.2) is 0 Å². The number of pyridine rings is 1. The van der Waals surface area contributed by atoms with E-state index in [0.717, 1.165) is 0 Å². The molecule has 66 valence electrons. The first-order valence-corrected chi connectivity index (χ1v) is 4.57. The van der Waals surface area contributed by atoms with Gasteiger partial charge in [-0.3, -0.25) is 9.54 Å². The fourth-order valence-electron chi connectivity index (χ4n) is 0.675. The maximum atomic E-state index is 10.4. The van der Waals surface area contributed by atoms with Gasteiger partial charge in [0.1, 0.15) is 0 Å². The first kappa shape index (κ1) is 9.11. The molecule has 0 amide bonds. The van der Waals surface area contributed by atoms with Crippen LogP contribution in [0, 0.1) is 0 Å². The van der Waals surface area contributed by atoms with Crippen LogP contribution >= 0.6 is 0 Å². The Balaban J connectivity index is 3.02. The van der Waals surface area contributed by atoms with Gasteiger partial charge in [-0.15, -0.1) is 0 Å². The van der Waals surface area contributed by atoms with Crippen molar-refractivity contribution >= 4 is 10.1 Å².